The molecule has 3 aliphatic rings. The van der Waals surface area contributed by atoms with E-state index in [1.165, 1.54) is 25.7 Å². The van der Waals surface area contributed by atoms with Gasteiger partial charge >= 0.3 is 0 Å². The monoisotopic (exact) mass is 344 g/mol. The molecule has 1 saturated heterocycles. The van der Waals surface area contributed by atoms with Crippen LogP contribution >= 0.6 is 0 Å². The highest BCUT2D eigenvalue weighted by molar-refractivity contribution is 5.92. The van der Waals surface area contributed by atoms with Gasteiger partial charge in [-0.25, -0.2) is 0 Å². The fourth-order valence-electron chi connectivity index (χ4n) is 4.24. The number of amides is 1. The van der Waals surface area contributed by atoms with Crippen molar-refractivity contribution in [1.29, 1.82) is 0 Å². The first-order valence-corrected chi connectivity index (χ1v) is 9.70. The van der Waals surface area contributed by atoms with Gasteiger partial charge in [-0.2, -0.15) is 0 Å². The van der Waals surface area contributed by atoms with Crippen LogP contribution in [0.1, 0.15) is 58.3 Å². The van der Waals surface area contributed by atoms with E-state index in [4.69, 9.17) is 9.47 Å². The molecular formula is C20H28N2O3. The van der Waals surface area contributed by atoms with Crippen LogP contribution in [0.2, 0.25) is 0 Å². The number of carbonyl (C=O) groups excluding carboxylic acids is 1. The Labute approximate surface area is 149 Å². The van der Waals surface area contributed by atoms with Gasteiger partial charge in [-0.3, -0.25) is 9.69 Å². The largest absolute Gasteiger partial charge is 0.448 e. The van der Waals surface area contributed by atoms with Crippen LogP contribution in [0.5, 0.6) is 11.5 Å². The third kappa shape index (κ3) is 3.61. The van der Waals surface area contributed by atoms with Gasteiger partial charge in [0.15, 0.2) is 11.5 Å². The molecule has 4 rings (SSSR count). The van der Waals surface area contributed by atoms with E-state index in [2.05, 4.69) is 17.1 Å². The number of rotatable bonds is 3. The Morgan fingerprint density at radius 3 is 2.76 bits per heavy atom. The fourth-order valence-corrected chi connectivity index (χ4v) is 4.24. The third-order valence-corrected chi connectivity index (χ3v) is 5.72. The van der Waals surface area contributed by atoms with Crippen molar-refractivity contribution >= 4 is 11.6 Å². The Bertz CT molecular complexity index is 640. The van der Waals surface area contributed by atoms with Gasteiger partial charge in [0.25, 0.3) is 5.79 Å². The summed E-state index contributed by atoms with van der Waals surface area (Å²) in [6.45, 7) is 3.68. The number of carbonyl (C=O) groups is 1. The average Bonchev–Trinajstić information content (AvgIpc) is 2.94. The van der Waals surface area contributed by atoms with Crippen molar-refractivity contribution in [2.45, 2.75) is 70.1 Å². The number of nitrogens with one attached hydrogen (secondary N) is 1. The zero-order valence-electron chi connectivity index (χ0n) is 15.1. The Balaban J connectivity index is 1.38. The van der Waals surface area contributed by atoms with Gasteiger partial charge in [-0.1, -0.05) is 12.8 Å². The summed E-state index contributed by atoms with van der Waals surface area (Å²) in [4.78, 5) is 14.7. The third-order valence-electron chi connectivity index (χ3n) is 5.72. The maximum absolute atomic E-state index is 12.4. The van der Waals surface area contributed by atoms with Crippen molar-refractivity contribution in [2.75, 3.05) is 18.4 Å². The van der Waals surface area contributed by atoms with Crippen molar-refractivity contribution < 1.29 is 14.3 Å². The molecule has 1 aromatic rings. The molecule has 1 spiro atoms. The highest BCUT2D eigenvalue weighted by Crippen LogP contribution is 2.46. The standard InChI is InChI=1S/C20H28N2O3/c1-15-7-3-6-12-22(15)14-19(23)21-16-8-9-17-18(13-16)25-20(24-17)10-4-2-5-11-20/h8-9,13,15H,2-7,10-12,14H2,1H3,(H,21,23)/t15-/m1/s1. The molecule has 136 valence electrons. The number of benzene rings is 1. The predicted octanol–water partition coefficient (Wildman–Crippen LogP) is 3.93. The molecule has 5 heteroatoms. The Morgan fingerprint density at radius 1 is 1.16 bits per heavy atom. The van der Waals surface area contributed by atoms with E-state index in [9.17, 15) is 4.79 Å². The zero-order valence-corrected chi connectivity index (χ0v) is 15.1. The van der Waals surface area contributed by atoms with Crippen LogP contribution in [-0.2, 0) is 4.79 Å². The molecular weight excluding hydrogens is 316 g/mol. The first-order chi connectivity index (χ1) is 12.1. The molecule has 2 heterocycles. The summed E-state index contributed by atoms with van der Waals surface area (Å²) < 4.78 is 12.2. The second kappa shape index (κ2) is 6.87. The molecule has 1 atom stereocenters. The van der Waals surface area contributed by atoms with Gasteiger partial charge in [-0.05, 0) is 51.3 Å². The van der Waals surface area contributed by atoms with Crippen molar-refractivity contribution in [2.24, 2.45) is 0 Å². The van der Waals surface area contributed by atoms with E-state index < -0.39 is 5.79 Å². The maximum Gasteiger partial charge on any atom is 0.251 e. The summed E-state index contributed by atoms with van der Waals surface area (Å²) in [6.07, 6.45) is 9.05. The SMILES string of the molecule is C[C@@H]1CCCCN1CC(=O)Nc1ccc2c(c1)OC1(CCCCC1)O2. The summed E-state index contributed by atoms with van der Waals surface area (Å²) in [5.74, 6) is 1.13. The second-order valence-corrected chi connectivity index (χ2v) is 7.70. The highest BCUT2D eigenvalue weighted by Gasteiger charge is 2.42. The van der Waals surface area contributed by atoms with Crippen molar-refractivity contribution in [1.82, 2.24) is 4.90 Å². The minimum absolute atomic E-state index is 0.0417. The first kappa shape index (κ1) is 16.7. The van der Waals surface area contributed by atoms with Crippen LogP contribution in [0, 0.1) is 0 Å². The molecule has 1 saturated carbocycles. The lowest BCUT2D eigenvalue weighted by Gasteiger charge is -2.32. The van der Waals surface area contributed by atoms with Crippen LogP contribution in [-0.4, -0.2) is 35.7 Å². The van der Waals surface area contributed by atoms with Crippen LogP contribution in [0.25, 0.3) is 0 Å². The van der Waals surface area contributed by atoms with E-state index in [0.717, 1.165) is 49.4 Å². The van der Waals surface area contributed by atoms with Crippen molar-refractivity contribution in [3.05, 3.63) is 18.2 Å². The molecule has 1 amide bonds. The normalized spacial score (nSPS) is 25.1. The topological polar surface area (TPSA) is 50.8 Å². The van der Waals surface area contributed by atoms with E-state index in [0.29, 0.717) is 12.6 Å². The number of fused-ring (bicyclic) bond motifs is 1. The lowest BCUT2D eigenvalue weighted by molar-refractivity contribution is -0.118. The lowest BCUT2D eigenvalue weighted by Crippen LogP contribution is -2.42. The first-order valence-electron chi connectivity index (χ1n) is 9.70. The molecule has 0 aromatic heterocycles. The van der Waals surface area contributed by atoms with Gasteiger partial charge < -0.3 is 14.8 Å². The Morgan fingerprint density at radius 2 is 1.96 bits per heavy atom. The summed E-state index contributed by atoms with van der Waals surface area (Å²) in [6, 6.07) is 6.21. The van der Waals surface area contributed by atoms with E-state index in [-0.39, 0.29) is 5.91 Å². The Kier molecular flexibility index (Phi) is 4.59. The lowest BCUT2D eigenvalue weighted by atomic mass is 9.94. The fraction of sp³-hybridized carbons (Fsp3) is 0.650. The highest BCUT2D eigenvalue weighted by atomic mass is 16.7. The molecule has 1 N–H and O–H groups in total. The number of anilines is 1. The number of ether oxygens (including phenoxy) is 2. The maximum atomic E-state index is 12.4. The number of nitrogens with zero attached hydrogens (tertiary/aromatic N) is 1. The summed E-state index contributed by atoms with van der Waals surface area (Å²) >= 11 is 0. The molecule has 1 aromatic carbocycles. The molecule has 25 heavy (non-hydrogen) atoms. The average molecular weight is 344 g/mol. The van der Waals surface area contributed by atoms with Gasteiger partial charge in [0.2, 0.25) is 5.91 Å². The second-order valence-electron chi connectivity index (χ2n) is 7.70. The van der Waals surface area contributed by atoms with E-state index in [1.54, 1.807) is 0 Å². The predicted molar refractivity (Wildman–Crippen MR) is 97.0 cm³/mol. The van der Waals surface area contributed by atoms with Crippen LogP contribution in [0.15, 0.2) is 18.2 Å². The van der Waals surface area contributed by atoms with Crippen LogP contribution in [0.3, 0.4) is 0 Å². The van der Waals surface area contributed by atoms with Gasteiger partial charge in [0, 0.05) is 30.6 Å². The molecule has 0 bridgehead atoms. The van der Waals surface area contributed by atoms with Crippen molar-refractivity contribution in [3.8, 4) is 11.5 Å². The molecule has 0 radical (unpaired) electrons. The molecule has 5 nitrogen and oxygen atoms in total. The summed E-state index contributed by atoms with van der Waals surface area (Å²) in [5, 5.41) is 3.01. The summed E-state index contributed by atoms with van der Waals surface area (Å²) in [7, 11) is 0. The number of likely N-dealkylation sites (tertiary alicyclic amines) is 1. The number of hydrogen-bond acceptors (Lipinski definition) is 4. The molecule has 0 unspecified atom stereocenters. The van der Waals surface area contributed by atoms with E-state index >= 15 is 0 Å². The van der Waals surface area contributed by atoms with Gasteiger partial charge in [0.1, 0.15) is 0 Å². The number of hydrogen-bond donors (Lipinski definition) is 1. The molecule has 2 fully saturated rings. The van der Waals surface area contributed by atoms with Gasteiger partial charge in [0.05, 0.1) is 6.54 Å². The number of piperidine rings is 1. The smallest absolute Gasteiger partial charge is 0.251 e. The molecule has 2 aliphatic heterocycles. The minimum atomic E-state index is -0.466. The van der Waals surface area contributed by atoms with Crippen LogP contribution in [0.4, 0.5) is 5.69 Å². The Hall–Kier alpha value is -1.75. The quantitative estimate of drug-likeness (QED) is 0.902. The van der Waals surface area contributed by atoms with E-state index in [1.807, 2.05) is 18.2 Å². The summed E-state index contributed by atoms with van der Waals surface area (Å²) in [5.41, 5.74) is 0.782. The minimum Gasteiger partial charge on any atom is -0.448 e. The zero-order chi connectivity index (χ0) is 17.3. The molecule has 1 aliphatic carbocycles. The van der Waals surface area contributed by atoms with Gasteiger partial charge in [-0.15, -0.1) is 0 Å². The van der Waals surface area contributed by atoms with Crippen LogP contribution < -0.4 is 14.8 Å². The van der Waals surface area contributed by atoms with Crippen molar-refractivity contribution in [3.63, 3.8) is 0 Å².